The summed E-state index contributed by atoms with van der Waals surface area (Å²) in [5, 5.41) is 16.1. The third-order valence-electron chi connectivity index (χ3n) is 5.41. The highest BCUT2D eigenvalue weighted by atomic mass is 16.5. The number of aliphatic hydroxyl groups is 1. The zero-order valence-electron chi connectivity index (χ0n) is 17.8. The number of hydrogen-bond acceptors (Lipinski definition) is 6. The van der Waals surface area contributed by atoms with Crippen molar-refractivity contribution in [1.82, 2.24) is 30.0 Å². The van der Waals surface area contributed by atoms with Gasteiger partial charge < -0.3 is 29.5 Å². The average Bonchev–Trinajstić information content (AvgIpc) is 3.43. The highest BCUT2D eigenvalue weighted by Crippen LogP contribution is 2.21. The number of imidazole rings is 1. The highest BCUT2D eigenvalue weighted by molar-refractivity contribution is 6.04. The van der Waals surface area contributed by atoms with Gasteiger partial charge in [-0.3, -0.25) is 15.1 Å². The molecule has 170 valence electrons. The first-order valence-corrected chi connectivity index (χ1v) is 10.5. The van der Waals surface area contributed by atoms with Gasteiger partial charge in [0.2, 0.25) is 0 Å². The number of para-hydroxylation sites is 1. The second-order valence-electron chi connectivity index (χ2n) is 7.73. The second kappa shape index (κ2) is 9.69. The van der Waals surface area contributed by atoms with Gasteiger partial charge in [-0.1, -0.05) is 18.2 Å². The third-order valence-corrected chi connectivity index (χ3v) is 5.41. The lowest BCUT2D eigenvalue weighted by Crippen LogP contribution is -2.65. The molecule has 2 fully saturated rings. The number of amides is 3. The summed E-state index contributed by atoms with van der Waals surface area (Å²) in [6.45, 7) is 1.45. The van der Waals surface area contributed by atoms with E-state index in [0.717, 1.165) is 13.0 Å². The van der Waals surface area contributed by atoms with Crippen LogP contribution in [-0.2, 0) is 11.3 Å². The van der Waals surface area contributed by atoms with E-state index in [0.29, 0.717) is 18.3 Å². The molecule has 3 heterocycles. The van der Waals surface area contributed by atoms with E-state index in [1.807, 2.05) is 41.1 Å². The van der Waals surface area contributed by atoms with Gasteiger partial charge in [-0.2, -0.15) is 0 Å². The molecule has 4 rings (SSSR count). The highest BCUT2D eigenvalue weighted by Gasteiger charge is 2.50. The van der Waals surface area contributed by atoms with E-state index >= 15 is 0 Å². The summed E-state index contributed by atoms with van der Waals surface area (Å²) >= 11 is 0. The zero-order valence-corrected chi connectivity index (χ0v) is 17.8. The molecule has 0 radical (unpaired) electrons. The van der Waals surface area contributed by atoms with E-state index in [9.17, 15) is 14.7 Å². The Labute approximate surface area is 185 Å². The van der Waals surface area contributed by atoms with E-state index < -0.39 is 30.2 Å². The van der Waals surface area contributed by atoms with Crippen LogP contribution in [-0.4, -0.2) is 87.4 Å². The van der Waals surface area contributed by atoms with Gasteiger partial charge >= 0.3 is 6.03 Å². The summed E-state index contributed by atoms with van der Waals surface area (Å²) in [6, 6.07) is 8.03. The van der Waals surface area contributed by atoms with Crippen LogP contribution in [0, 0.1) is 0 Å². The monoisotopic (exact) mass is 441 g/mol. The van der Waals surface area contributed by atoms with Crippen LogP contribution in [0.25, 0.3) is 0 Å². The molecule has 0 saturated carbocycles. The first-order valence-electron chi connectivity index (χ1n) is 10.5. The summed E-state index contributed by atoms with van der Waals surface area (Å²) in [7, 11) is 1.61. The van der Waals surface area contributed by atoms with Gasteiger partial charge in [0.15, 0.2) is 12.0 Å². The summed E-state index contributed by atoms with van der Waals surface area (Å²) in [5.74, 6) is 0.699. The fraction of sp³-hybridized carbons (Fsp3) is 0.429. The molecule has 3 N–H and O–H groups in total. The first kappa shape index (κ1) is 21.6. The number of imide groups is 1. The van der Waals surface area contributed by atoms with Crippen molar-refractivity contribution in [3.05, 3.63) is 49.1 Å². The number of β-amino-alcohol motifs (C(OH)–C–C–N with tert-alkyl or cyclic N) is 1. The minimum Gasteiger partial charge on any atom is -0.491 e. The molecule has 11 heteroatoms. The fourth-order valence-electron chi connectivity index (χ4n) is 3.77. The van der Waals surface area contributed by atoms with Crippen molar-refractivity contribution < 1.29 is 19.4 Å². The number of ether oxygens (including phenoxy) is 1. The Kier molecular flexibility index (Phi) is 6.55. The quantitative estimate of drug-likeness (QED) is 0.462. The smallest absolute Gasteiger partial charge is 0.325 e. The van der Waals surface area contributed by atoms with E-state index in [4.69, 9.17) is 4.74 Å². The maximum atomic E-state index is 12.6. The van der Waals surface area contributed by atoms with Crippen molar-refractivity contribution in [2.45, 2.75) is 31.3 Å². The Morgan fingerprint density at radius 1 is 1.28 bits per heavy atom. The molecule has 3 amide bonds. The number of rotatable bonds is 9. The standard InChI is InChI=1S/C21H27N7O4/c1-26-18-17(19(30)25-21(26)31)28(12-15(29)13-32-16-6-3-2-4-7-16)20(24-18)23-8-5-10-27-11-9-22-14-27/h2-4,6-7,9,11,14-15,17-18,29H,5,8,10,12-13H2,1H3,(H,23,24)(H,25,30,31). The van der Waals surface area contributed by atoms with Crippen LogP contribution in [0.3, 0.4) is 0 Å². The molecular weight excluding hydrogens is 414 g/mol. The van der Waals surface area contributed by atoms with Crippen molar-refractivity contribution >= 4 is 17.9 Å². The predicted molar refractivity (Wildman–Crippen MR) is 116 cm³/mol. The van der Waals surface area contributed by atoms with Gasteiger partial charge in [-0.05, 0) is 18.6 Å². The number of aliphatic imine (C=N–C) groups is 1. The number of benzene rings is 1. The largest absolute Gasteiger partial charge is 0.491 e. The van der Waals surface area contributed by atoms with Gasteiger partial charge in [0.1, 0.15) is 24.6 Å². The molecule has 1 aromatic carbocycles. The minimum absolute atomic E-state index is 0.0577. The molecule has 0 aliphatic carbocycles. The maximum absolute atomic E-state index is 12.6. The normalized spacial score (nSPS) is 22.5. The van der Waals surface area contributed by atoms with E-state index in [-0.39, 0.29) is 13.2 Å². The van der Waals surface area contributed by atoms with Crippen LogP contribution in [0.15, 0.2) is 54.0 Å². The van der Waals surface area contributed by atoms with Crippen LogP contribution in [0.2, 0.25) is 0 Å². The summed E-state index contributed by atoms with van der Waals surface area (Å²) in [6.07, 6.45) is 4.69. The molecule has 3 unspecified atom stereocenters. The molecule has 1 aromatic heterocycles. The maximum Gasteiger partial charge on any atom is 0.325 e. The van der Waals surface area contributed by atoms with Crippen molar-refractivity contribution in [2.75, 3.05) is 26.7 Å². The van der Waals surface area contributed by atoms with Gasteiger partial charge in [0, 0.05) is 32.5 Å². The van der Waals surface area contributed by atoms with Crippen LogP contribution >= 0.6 is 0 Å². The topological polar surface area (TPSA) is 124 Å². The number of carbonyl (C=O) groups excluding carboxylic acids is 2. The SMILES string of the molecule is CN1C(=O)NC(=O)C2C1NC(=NCCCn1ccnc1)N2CC(O)COc1ccccc1. The van der Waals surface area contributed by atoms with Crippen LogP contribution < -0.4 is 15.4 Å². The van der Waals surface area contributed by atoms with Crippen molar-refractivity contribution in [3.63, 3.8) is 0 Å². The number of carbonyl (C=O) groups is 2. The Hall–Kier alpha value is -3.60. The molecular formula is C21H27N7O4. The van der Waals surface area contributed by atoms with Crippen molar-refractivity contribution in [2.24, 2.45) is 4.99 Å². The summed E-state index contributed by atoms with van der Waals surface area (Å²) in [5.41, 5.74) is 0. The number of likely N-dealkylation sites (N-methyl/N-ethyl adjacent to an activating group) is 1. The van der Waals surface area contributed by atoms with Crippen LogP contribution in [0.4, 0.5) is 4.79 Å². The lowest BCUT2D eigenvalue weighted by atomic mass is 10.1. The number of nitrogens with one attached hydrogen (secondary N) is 2. The van der Waals surface area contributed by atoms with Gasteiger partial charge in [0.05, 0.1) is 12.9 Å². The van der Waals surface area contributed by atoms with Gasteiger partial charge in [0.25, 0.3) is 5.91 Å². The van der Waals surface area contributed by atoms with Crippen LogP contribution in [0.1, 0.15) is 6.42 Å². The minimum atomic E-state index is -0.873. The number of fused-ring (bicyclic) bond motifs is 1. The number of aryl methyl sites for hydroxylation is 1. The Morgan fingerprint density at radius 3 is 2.84 bits per heavy atom. The molecule has 2 saturated heterocycles. The Balaban J connectivity index is 1.43. The van der Waals surface area contributed by atoms with Crippen molar-refractivity contribution in [3.8, 4) is 5.75 Å². The molecule has 0 spiro atoms. The first-order chi connectivity index (χ1) is 15.5. The number of guanidine groups is 1. The summed E-state index contributed by atoms with van der Waals surface area (Å²) < 4.78 is 7.61. The lowest BCUT2D eigenvalue weighted by molar-refractivity contribution is -0.127. The van der Waals surface area contributed by atoms with E-state index in [1.54, 1.807) is 24.5 Å². The van der Waals surface area contributed by atoms with E-state index in [2.05, 4.69) is 20.6 Å². The number of urea groups is 1. The predicted octanol–water partition coefficient (Wildman–Crippen LogP) is -0.149. The van der Waals surface area contributed by atoms with Crippen LogP contribution in [0.5, 0.6) is 5.75 Å². The second-order valence-corrected chi connectivity index (χ2v) is 7.73. The summed E-state index contributed by atoms with van der Waals surface area (Å²) in [4.78, 5) is 36.4. The molecule has 11 nitrogen and oxygen atoms in total. The number of aromatic nitrogens is 2. The number of nitrogens with zero attached hydrogens (tertiary/aromatic N) is 5. The van der Waals surface area contributed by atoms with Gasteiger partial charge in [-0.15, -0.1) is 0 Å². The molecule has 2 aliphatic rings. The number of aliphatic hydroxyl groups excluding tert-OH is 1. The zero-order chi connectivity index (χ0) is 22.5. The molecule has 3 atom stereocenters. The molecule has 0 bridgehead atoms. The Morgan fingerprint density at radius 2 is 2.09 bits per heavy atom. The molecule has 32 heavy (non-hydrogen) atoms. The molecule has 2 aliphatic heterocycles. The fourth-order valence-corrected chi connectivity index (χ4v) is 3.77. The van der Waals surface area contributed by atoms with E-state index in [1.165, 1.54) is 4.90 Å². The lowest BCUT2D eigenvalue weighted by Gasteiger charge is -2.35. The molecule has 2 aromatic rings. The average molecular weight is 441 g/mol. The third kappa shape index (κ3) is 4.83. The van der Waals surface area contributed by atoms with Gasteiger partial charge in [-0.25, -0.2) is 9.78 Å². The Bertz CT molecular complexity index is 950. The van der Waals surface area contributed by atoms with Crippen molar-refractivity contribution in [1.29, 1.82) is 0 Å². The number of hydrogen-bond donors (Lipinski definition) is 3.